The molecule has 0 atom stereocenters. The summed E-state index contributed by atoms with van der Waals surface area (Å²) >= 11 is 0. The van der Waals surface area contributed by atoms with Crippen molar-refractivity contribution in [2.24, 2.45) is 0 Å². The van der Waals surface area contributed by atoms with Gasteiger partial charge in [-0.2, -0.15) is 0 Å². The summed E-state index contributed by atoms with van der Waals surface area (Å²) in [6.45, 7) is 13.0. The number of hydrogen-bond acceptors (Lipinski definition) is 4. The second-order valence-corrected chi connectivity index (χ2v) is 5.80. The van der Waals surface area contributed by atoms with Crippen LogP contribution in [0, 0.1) is 0 Å². The Morgan fingerprint density at radius 3 is 2.43 bits per heavy atom. The number of anilines is 2. The molecule has 1 N–H and O–H groups in total. The summed E-state index contributed by atoms with van der Waals surface area (Å²) in [6, 6.07) is 0.460. The van der Waals surface area contributed by atoms with E-state index in [2.05, 4.69) is 54.8 Å². The lowest BCUT2D eigenvalue weighted by atomic mass is 10.1. The Kier molecular flexibility index (Phi) is 8.09. The second-order valence-electron chi connectivity index (χ2n) is 5.80. The van der Waals surface area contributed by atoms with Crippen LogP contribution in [0.1, 0.15) is 65.9 Å². The van der Waals surface area contributed by atoms with E-state index in [0.29, 0.717) is 6.04 Å². The van der Waals surface area contributed by atoms with Crippen LogP contribution in [0.15, 0.2) is 6.33 Å². The van der Waals surface area contributed by atoms with Gasteiger partial charge in [0.25, 0.3) is 0 Å². The molecule has 1 rings (SSSR count). The van der Waals surface area contributed by atoms with Crippen molar-refractivity contribution < 1.29 is 0 Å². The fraction of sp³-hybridized carbons (Fsp3) is 0.765. The first-order valence-electron chi connectivity index (χ1n) is 8.49. The molecule has 1 heterocycles. The van der Waals surface area contributed by atoms with Gasteiger partial charge in [0.05, 0.1) is 0 Å². The fourth-order valence-electron chi connectivity index (χ4n) is 2.59. The van der Waals surface area contributed by atoms with Crippen molar-refractivity contribution in [1.29, 1.82) is 0 Å². The summed E-state index contributed by atoms with van der Waals surface area (Å²) in [4.78, 5) is 11.5. The van der Waals surface area contributed by atoms with E-state index in [1.54, 1.807) is 6.33 Å². The molecule has 1 aromatic rings. The van der Waals surface area contributed by atoms with Crippen LogP contribution in [-0.2, 0) is 6.42 Å². The van der Waals surface area contributed by atoms with Crippen LogP contribution < -0.4 is 10.2 Å². The third-order valence-electron chi connectivity index (χ3n) is 3.66. The zero-order valence-corrected chi connectivity index (χ0v) is 14.4. The lowest BCUT2D eigenvalue weighted by Gasteiger charge is -2.30. The van der Waals surface area contributed by atoms with Crippen molar-refractivity contribution in [3.8, 4) is 0 Å². The molecule has 0 aliphatic heterocycles. The zero-order chi connectivity index (χ0) is 15.7. The highest BCUT2D eigenvalue weighted by atomic mass is 15.2. The van der Waals surface area contributed by atoms with E-state index in [0.717, 1.165) is 37.6 Å². The van der Waals surface area contributed by atoms with Crippen molar-refractivity contribution in [1.82, 2.24) is 9.97 Å². The molecule has 0 aliphatic rings. The summed E-state index contributed by atoms with van der Waals surface area (Å²) in [5.74, 6) is 2.12. The van der Waals surface area contributed by atoms with Crippen molar-refractivity contribution in [2.45, 2.75) is 72.8 Å². The molecule has 120 valence electrons. The van der Waals surface area contributed by atoms with Crippen LogP contribution >= 0.6 is 0 Å². The van der Waals surface area contributed by atoms with Gasteiger partial charge in [0.1, 0.15) is 18.0 Å². The largest absolute Gasteiger partial charge is 0.370 e. The predicted octanol–water partition coefficient (Wildman–Crippen LogP) is 4.27. The predicted molar refractivity (Wildman–Crippen MR) is 92.2 cm³/mol. The van der Waals surface area contributed by atoms with E-state index in [4.69, 9.17) is 0 Å². The average molecular weight is 292 g/mol. The molecular weight excluding hydrogens is 260 g/mol. The first kappa shape index (κ1) is 17.7. The summed E-state index contributed by atoms with van der Waals surface area (Å²) in [6.07, 6.45) is 7.58. The molecule has 0 radical (unpaired) electrons. The summed E-state index contributed by atoms with van der Waals surface area (Å²) < 4.78 is 0. The number of nitrogens with zero attached hydrogens (tertiary/aromatic N) is 3. The van der Waals surface area contributed by atoms with Gasteiger partial charge < -0.3 is 10.2 Å². The standard InChI is InChI=1S/C17H32N4/c1-6-9-10-12-21(14(4)5)17-15(11-7-2)16(18-8-3)19-13-20-17/h13-14H,6-12H2,1-5H3,(H,18,19,20). The Bertz CT molecular complexity index is 404. The molecule has 0 saturated carbocycles. The molecule has 21 heavy (non-hydrogen) atoms. The van der Waals surface area contributed by atoms with Gasteiger partial charge in [-0.25, -0.2) is 9.97 Å². The highest BCUT2D eigenvalue weighted by Crippen LogP contribution is 2.26. The van der Waals surface area contributed by atoms with E-state index in [1.165, 1.54) is 24.8 Å². The van der Waals surface area contributed by atoms with Crippen LogP contribution in [0.25, 0.3) is 0 Å². The van der Waals surface area contributed by atoms with Gasteiger partial charge >= 0.3 is 0 Å². The monoisotopic (exact) mass is 292 g/mol. The fourth-order valence-corrected chi connectivity index (χ4v) is 2.59. The number of aromatic nitrogens is 2. The van der Waals surface area contributed by atoms with Crippen molar-refractivity contribution in [3.05, 3.63) is 11.9 Å². The number of nitrogens with one attached hydrogen (secondary N) is 1. The lowest BCUT2D eigenvalue weighted by molar-refractivity contribution is 0.616. The first-order chi connectivity index (χ1) is 10.2. The van der Waals surface area contributed by atoms with E-state index < -0.39 is 0 Å². The van der Waals surface area contributed by atoms with Crippen molar-refractivity contribution >= 4 is 11.6 Å². The molecule has 4 heteroatoms. The van der Waals surface area contributed by atoms with E-state index in [9.17, 15) is 0 Å². The number of unbranched alkanes of at least 4 members (excludes halogenated alkanes) is 2. The van der Waals surface area contributed by atoms with Gasteiger partial charge in [0.15, 0.2) is 0 Å². The van der Waals surface area contributed by atoms with Gasteiger partial charge in [-0.05, 0) is 33.6 Å². The third kappa shape index (κ3) is 5.18. The molecule has 0 saturated heterocycles. The van der Waals surface area contributed by atoms with Crippen LogP contribution in [0.5, 0.6) is 0 Å². The molecule has 0 bridgehead atoms. The summed E-state index contributed by atoms with van der Waals surface area (Å²) in [5, 5.41) is 3.38. The molecule has 1 aromatic heterocycles. The van der Waals surface area contributed by atoms with Gasteiger partial charge in [0.2, 0.25) is 0 Å². The van der Waals surface area contributed by atoms with Gasteiger partial charge in [-0.1, -0.05) is 33.1 Å². The highest BCUT2D eigenvalue weighted by Gasteiger charge is 2.18. The Labute approximate surface area is 130 Å². The third-order valence-corrected chi connectivity index (χ3v) is 3.66. The second kappa shape index (κ2) is 9.59. The lowest BCUT2D eigenvalue weighted by Crippen LogP contribution is -2.33. The topological polar surface area (TPSA) is 41.1 Å². The summed E-state index contributed by atoms with van der Waals surface area (Å²) in [5.41, 5.74) is 1.27. The molecule has 4 nitrogen and oxygen atoms in total. The molecule has 0 unspecified atom stereocenters. The van der Waals surface area contributed by atoms with Crippen LogP contribution in [-0.4, -0.2) is 29.1 Å². The number of hydrogen-bond donors (Lipinski definition) is 1. The molecule has 0 amide bonds. The Balaban J connectivity index is 3.07. The van der Waals surface area contributed by atoms with E-state index in [-0.39, 0.29) is 0 Å². The van der Waals surface area contributed by atoms with Crippen LogP contribution in [0.2, 0.25) is 0 Å². The average Bonchev–Trinajstić information content (AvgIpc) is 2.46. The maximum Gasteiger partial charge on any atom is 0.137 e. The van der Waals surface area contributed by atoms with Crippen molar-refractivity contribution in [2.75, 3.05) is 23.3 Å². The molecule has 0 spiro atoms. The van der Waals surface area contributed by atoms with Crippen LogP contribution in [0.3, 0.4) is 0 Å². The van der Waals surface area contributed by atoms with Gasteiger partial charge in [-0.15, -0.1) is 0 Å². The minimum Gasteiger partial charge on any atom is -0.370 e. The van der Waals surface area contributed by atoms with E-state index >= 15 is 0 Å². The van der Waals surface area contributed by atoms with Crippen LogP contribution in [0.4, 0.5) is 11.6 Å². The minimum absolute atomic E-state index is 0.460. The Hall–Kier alpha value is -1.32. The smallest absolute Gasteiger partial charge is 0.137 e. The Morgan fingerprint density at radius 1 is 1.10 bits per heavy atom. The quantitative estimate of drug-likeness (QED) is 0.654. The minimum atomic E-state index is 0.460. The molecule has 0 aliphatic carbocycles. The SMILES string of the molecule is CCCCCN(c1ncnc(NCC)c1CCC)C(C)C. The Morgan fingerprint density at radius 2 is 1.86 bits per heavy atom. The van der Waals surface area contributed by atoms with Gasteiger partial charge in [-0.3, -0.25) is 0 Å². The molecule has 0 fully saturated rings. The molecule has 0 aromatic carbocycles. The summed E-state index contributed by atoms with van der Waals surface area (Å²) in [7, 11) is 0. The maximum atomic E-state index is 4.62. The van der Waals surface area contributed by atoms with Crippen molar-refractivity contribution in [3.63, 3.8) is 0 Å². The first-order valence-corrected chi connectivity index (χ1v) is 8.49. The van der Waals surface area contributed by atoms with Gasteiger partial charge in [0, 0.05) is 24.7 Å². The van der Waals surface area contributed by atoms with E-state index in [1.807, 2.05) is 0 Å². The number of rotatable bonds is 10. The maximum absolute atomic E-state index is 4.62. The highest BCUT2D eigenvalue weighted by molar-refractivity contribution is 5.59. The normalized spacial score (nSPS) is 11.0. The zero-order valence-electron chi connectivity index (χ0n) is 14.4. The molecular formula is C17H32N4.